The van der Waals surface area contributed by atoms with Crippen molar-refractivity contribution >= 4 is 10.8 Å². The quantitative estimate of drug-likeness (QED) is 0.560. The van der Waals surface area contributed by atoms with Crippen LogP contribution in [-0.2, 0) is 22.4 Å². The van der Waals surface area contributed by atoms with Crippen LogP contribution in [-0.4, -0.2) is 35.5 Å². The molecule has 3 unspecified atom stereocenters. The fraction of sp³-hybridized carbons (Fsp3) is 0.480. The first-order chi connectivity index (χ1) is 14.1. The number of imidazole rings is 1. The van der Waals surface area contributed by atoms with Crippen molar-refractivity contribution in [2.75, 3.05) is 13.7 Å². The van der Waals surface area contributed by atoms with Gasteiger partial charge in [0.05, 0.1) is 25.1 Å². The molecule has 1 aliphatic rings. The van der Waals surface area contributed by atoms with Gasteiger partial charge in [-0.05, 0) is 41.0 Å². The van der Waals surface area contributed by atoms with Gasteiger partial charge in [0.15, 0.2) is 0 Å². The summed E-state index contributed by atoms with van der Waals surface area (Å²) in [6, 6.07) is 15.1. The number of rotatable bonds is 7. The number of methoxy groups -OCH3 is 1. The van der Waals surface area contributed by atoms with Crippen molar-refractivity contribution in [3.05, 3.63) is 66.7 Å². The second kappa shape index (κ2) is 8.68. The molecule has 3 atom stereocenters. The van der Waals surface area contributed by atoms with E-state index in [2.05, 4.69) is 65.9 Å². The van der Waals surface area contributed by atoms with Crippen molar-refractivity contribution in [1.82, 2.24) is 9.55 Å². The van der Waals surface area contributed by atoms with E-state index in [1.54, 1.807) is 0 Å². The molecule has 2 aromatic carbocycles. The predicted molar refractivity (Wildman–Crippen MR) is 117 cm³/mol. The highest BCUT2D eigenvalue weighted by atomic mass is 16.5. The van der Waals surface area contributed by atoms with Crippen molar-refractivity contribution in [3.63, 3.8) is 0 Å². The highest BCUT2D eigenvalue weighted by molar-refractivity contribution is 5.85. The van der Waals surface area contributed by atoms with E-state index in [1.165, 1.54) is 16.3 Å². The van der Waals surface area contributed by atoms with E-state index in [9.17, 15) is 0 Å². The summed E-state index contributed by atoms with van der Waals surface area (Å²) in [6.07, 6.45) is 9.24. The summed E-state index contributed by atoms with van der Waals surface area (Å²) in [4.78, 5) is 4.21. The third-order valence-corrected chi connectivity index (χ3v) is 6.53. The van der Waals surface area contributed by atoms with Gasteiger partial charge in [-0.2, -0.15) is 0 Å². The van der Waals surface area contributed by atoms with Gasteiger partial charge in [-0.15, -0.1) is 0 Å². The highest BCUT2D eigenvalue weighted by Gasteiger charge is 2.44. The monoisotopic (exact) mass is 392 g/mol. The van der Waals surface area contributed by atoms with Crippen molar-refractivity contribution in [1.29, 1.82) is 0 Å². The Bertz CT molecular complexity index is 914. The fourth-order valence-electron chi connectivity index (χ4n) is 5.03. The summed E-state index contributed by atoms with van der Waals surface area (Å²) < 4.78 is 14.7. The summed E-state index contributed by atoms with van der Waals surface area (Å²) in [6.45, 7) is 6.24. The molecule has 1 saturated carbocycles. The molecule has 0 N–H and O–H groups in total. The molecule has 0 bridgehead atoms. The molecule has 4 rings (SSSR count). The Labute approximate surface area is 173 Å². The number of fused-ring (bicyclic) bond motifs is 1. The molecule has 3 aromatic rings. The third-order valence-electron chi connectivity index (χ3n) is 6.53. The largest absolute Gasteiger partial charge is 0.380 e. The zero-order valence-electron chi connectivity index (χ0n) is 17.8. The first-order valence-electron chi connectivity index (χ1n) is 10.7. The average Bonchev–Trinajstić information content (AvgIpc) is 3.23. The standard InChI is InChI=1S/C25H32N2O2/c1-25(2)13-11-23(22(24(25)28-3)17-27-15-14-26-18-27)29-16-12-20-9-6-8-19-7-4-5-10-21(19)20/h4-10,14-15,18,22-24H,11-13,16-17H2,1-3H3. The number of aromatic nitrogens is 2. The van der Waals surface area contributed by atoms with Gasteiger partial charge in [-0.1, -0.05) is 56.3 Å². The molecule has 29 heavy (non-hydrogen) atoms. The maximum Gasteiger partial charge on any atom is 0.0946 e. The van der Waals surface area contributed by atoms with Crippen LogP contribution in [0.3, 0.4) is 0 Å². The molecule has 0 amide bonds. The molecule has 1 fully saturated rings. The van der Waals surface area contributed by atoms with E-state index in [4.69, 9.17) is 9.47 Å². The van der Waals surface area contributed by atoms with Crippen LogP contribution in [0.5, 0.6) is 0 Å². The summed E-state index contributed by atoms with van der Waals surface area (Å²) in [5.41, 5.74) is 1.50. The molecule has 1 heterocycles. The molecule has 4 nitrogen and oxygen atoms in total. The lowest BCUT2D eigenvalue weighted by molar-refractivity contribution is -0.135. The summed E-state index contributed by atoms with van der Waals surface area (Å²) in [5.74, 6) is 0.311. The maximum absolute atomic E-state index is 6.51. The summed E-state index contributed by atoms with van der Waals surface area (Å²) >= 11 is 0. The molecule has 4 heteroatoms. The number of benzene rings is 2. The van der Waals surface area contributed by atoms with Gasteiger partial charge in [0.1, 0.15) is 0 Å². The lowest BCUT2D eigenvalue weighted by Crippen LogP contribution is -2.50. The van der Waals surface area contributed by atoms with Crippen molar-refractivity contribution < 1.29 is 9.47 Å². The van der Waals surface area contributed by atoms with Crippen molar-refractivity contribution in [3.8, 4) is 0 Å². The van der Waals surface area contributed by atoms with E-state index in [1.807, 2.05) is 25.8 Å². The Kier molecular flexibility index (Phi) is 6.02. The lowest BCUT2D eigenvalue weighted by Gasteiger charge is -2.47. The third kappa shape index (κ3) is 4.39. The second-order valence-electron chi connectivity index (χ2n) is 8.90. The van der Waals surface area contributed by atoms with Crippen LogP contribution in [0.1, 0.15) is 32.3 Å². The average molecular weight is 393 g/mol. The van der Waals surface area contributed by atoms with Gasteiger partial charge in [0, 0.05) is 32.0 Å². The van der Waals surface area contributed by atoms with Crippen LogP contribution < -0.4 is 0 Å². The smallest absolute Gasteiger partial charge is 0.0946 e. The minimum Gasteiger partial charge on any atom is -0.380 e. The van der Waals surface area contributed by atoms with Crippen LogP contribution in [0.2, 0.25) is 0 Å². The lowest BCUT2D eigenvalue weighted by atomic mass is 9.68. The summed E-state index contributed by atoms with van der Waals surface area (Å²) in [7, 11) is 1.84. The number of ether oxygens (including phenoxy) is 2. The normalized spacial score (nSPS) is 24.0. The number of hydrogen-bond acceptors (Lipinski definition) is 3. The van der Waals surface area contributed by atoms with Gasteiger partial charge in [-0.3, -0.25) is 0 Å². The Morgan fingerprint density at radius 2 is 1.97 bits per heavy atom. The molecule has 1 aliphatic carbocycles. The van der Waals surface area contributed by atoms with E-state index < -0.39 is 0 Å². The van der Waals surface area contributed by atoms with Crippen molar-refractivity contribution in [2.24, 2.45) is 11.3 Å². The van der Waals surface area contributed by atoms with Gasteiger partial charge in [-0.25, -0.2) is 4.98 Å². The molecule has 154 valence electrons. The molecule has 0 aliphatic heterocycles. The molecule has 0 spiro atoms. The zero-order valence-corrected chi connectivity index (χ0v) is 17.8. The van der Waals surface area contributed by atoms with E-state index >= 15 is 0 Å². The topological polar surface area (TPSA) is 36.3 Å². The van der Waals surface area contributed by atoms with Crippen molar-refractivity contribution in [2.45, 2.75) is 51.9 Å². The van der Waals surface area contributed by atoms with E-state index in [0.29, 0.717) is 5.92 Å². The first kappa shape index (κ1) is 20.1. The highest BCUT2D eigenvalue weighted by Crippen LogP contribution is 2.42. The molecular formula is C25H32N2O2. The second-order valence-corrected chi connectivity index (χ2v) is 8.90. The van der Waals surface area contributed by atoms with Crippen LogP contribution >= 0.6 is 0 Å². The Balaban J connectivity index is 1.47. The molecule has 0 radical (unpaired) electrons. The van der Waals surface area contributed by atoms with E-state index in [-0.39, 0.29) is 17.6 Å². The molecule has 1 aromatic heterocycles. The SMILES string of the molecule is COC1C(Cn2ccnc2)C(OCCc2cccc3ccccc23)CCC1(C)C. The van der Waals surface area contributed by atoms with Crippen LogP contribution in [0.25, 0.3) is 10.8 Å². The number of hydrogen-bond donors (Lipinski definition) is 0. The molecular weight excluding hydrogens is 360 g/mol. The summed E-state index contributed by atoms with van der Waals surface area (Å²) in [5, 5.41) is 2.62. The van der Waals surface area contributed by atoms with Gasteiger partial charge < -0.3 is 14.0 Å². The van der Waals surface area contributed by atoms with E-state index in [0.717, 1.165) is 32.4 Å². The Morgan fingerprint density at radius 1 is 1.14 bits per heavy atom. The zero-order chi connectivity index (χ0) is 20.3. The van der Waals surface area contributed by atoms with Crippen LogP contribution in [0.15, 0.2) is 61.2 Å². The Morgan fingerprint density at radius 3 is 2.76 bits per heavy atom. The minimum atomic E-state index is 0.148. The minimum absolute atomic E-state index is 0.148. The number of nitrogens with zero attached hydrogens (tertiary/aromatic N) is 2. The predicted octanol–water partition coefficient (Wildman–Crippen LogP) is 5.12. The fourth-order valence-corrected chi connectivity index (χ4v) is 5.03. The van der Waals surface area contributed by atoms with Gasteiger partial charge in [0.25, 0.3) is 0 Å². The first-order valence-corrected chi connectivity index (χ1v) is 10.7. The van der Waals surface area contributed by atoms with Gasteiger partial charge >= 0.3 is 0 Å². The van der Waals surface area contributed by atoms with Crippen LogP contribution in [0, 0.1) is 11.3 Å². The Hall–Kier alpha value is -2.17. The maximum atomic E-state index is 6.51. The molecule has 0 saturated heterocycles. The van der Waals surface area contributed by atoms with Crippen LogP contribution in [0.4, 0.5) is 0 Å². The van der Waals surface area contributed by atoms with Gasteiger partial charge in [0.2, 0.25) is 0 Å².